The summed E-state index contributed by atoms with van der Waals surface area (Å²) in [5, 5.41) is 10.5. The number of nitrogens with one attached hydrogen (secondary N) is 2. The Morgan fingerprint density at radius 1 is 1.48 bits per heavy atom. The second-order valence-electron chi connectivity index (χ2n) is 4.81. The number of hydrogen-bond acceptors (Lipinski definition) is 5. The fourth-order valence-electron chi connectivity index (χ4n) is 1.93. The average Bonchev–Trinajstić information content (AvgIpc) is 3.25. The standard InChI is InChI=1S/C14H16N4O2S/c1-20-11-5-3-2-4-10(11)15-12(19)8-21-14-16-13(17-18-14)9-6-7-9/h2-5,9H,6-8H2,1H3,(H,15,19)(H,16,17,18). The van der Waals surface area contributed by atoms with Crippen molar-refractivity contribution < 1.29 is 9.53 Å². The highest BCUT2D eigenvalue weighted by molar-refractivity contribution is 7.99. The summed E-state index contributed by atoms with van der Waals surface area (Å²) >= 11 is 1.32. The van der Waals surface area contributed by atoms with Crippen LogP contribution >= 0.6 is 11.8 Å². The highest BCUT2D eigenvalue weighted by Crippen LogP contribution is 2.38. The number of thioether (sulfide) groups is 1. The number of amides is 1. The van der Waals surface area contributed by atoms with E-state index in [0.29, 0.717) is 22.5 Å². The quantitative estimate of drug-likeness (QED) is 0.801. The van der Waals surface area contributed by atoms with Gasteiger partial charge in [0, 0.05) is 5.92 Å². The molecule has 1 aliphatic rings. The highest BCUT2D eigenvalue weighted by Gasteiger charge is 2.27. The summed E-state index contributed by atoms with van der Waals surface area (Å²) < 4.78 is 5.19. The van der Waals surface area contributed by atoms with Gasteiger partial charge in [-0.1, -0.05) is 23.9 Å². The third-order valence-electron chi connectivity index (χ3n) is 3.16. The molecule has 110 valence electrons. The van der Waals surface area contributed by atoms with Crippen molar-refractivity contribution >= 4 is 23.4 Å². The number of hydrogen-bond donors (Lipinski definition) is 2. The van der Waals surface area contributed by atoms with E-state index in [4.69, 9.17) is 4.74 Å². The Hall–Kier alpha value is -2.02. The summed E-state index contributed by atoms with van der Waals surface area (Å²) in [7, 11) is 1.58. The maximum Gasteiger partial charge on any atom is 0.234 e. The maximum atomic E-state index is 12.0. The van der Waals surface area contributed by atoms with E-state index >= 15 is 0 Å². The van der Waals surface area contributed by atoms with Crippen LogP contribution in [0.25, 0.3) is 0 Å². The van der Waals surface area contributed by atoms with Crippen molar-refractivity contribution in [2.75, 3.05) is 18.2 Å². The zero-order valence-electron chi connectivity index (χ0n) is 11.6. The predicted molar refractivity (Wildman–Crippen MR) is 80.7 cm³/mol. The summed E-state index contributed by atoms with van der Waals surface area (Å²) in [6.45, 7) is 0. The van der Waals surface area contributed by atoms with Gasteiger partial charge < -0.3 is 10.1 Å². The Balaban J connectivity index is 1.53. The molecule has 0 radical (unpaired) electrons. The number of anilines is 1. The van der Waals surface area contributed by atoms with Crippen LogP contribution in [0.5, 0.6) is 5.75 Å². The van der Waals surface area contributed by atoms with E-state index in [0.717, 1.165) is 5.82 Å². The van der Waals surface area contributed by atoms with Gasteiger partial charge in [-0.2, -0.15) is 0 Å². The zero-order chi connectivity index (χ0) is 14.7. The summed E-state index contributed by atoms with van der Waals surface area (Å²) in [6.07, 6.45) is 2.35. The van der Waals surface area contributed by atoms with Gasteiger partial charge in [-0.05, 0) is 25.0 Å². The van der Waals surface area contributed by atoms with Crippen molar-refractivity contribution in [3.8, 4) is 5.75 Å². The van der Waals surface area contributed by atoms with Crippen LogP contribution in [0.3, 0.4) is 0 Å². The summed E-state index contributed by atoms with van der Waals surface area (Å²) in [6, 6.07) is 7.32. The summed E-state index contributed by atoms with van der Waals surface area (Å²) in [5.74, 6) is 2.27. The predicted octanol–water partition coefficient (Wildman–Crippen LogP) is 2.42. The van der Waals surface area contributed by atoms with Crippen LogP contribution in [0.15, 0.2) is 29.4 Å². The Morgan fingerprint density at radius 2 is 2.29 bits per heavy atom. The molecule has 1 heterocycles. The minimum Gasteiger partial charge on any atom is -0.495 e. The molecule has 3 rings (SSSR count). The van der Waals surface area contributed by atoms with Crippen LogP contribution in [0.4, 0.5) is 5.69 Å². The third-order valence-corrected chi connectivity index (χ3v) is 4.01. The Bertz CT molecular complexity index is 639. The third kappa shape index (κ3) is 3.55. The van der Waals surface area contributed by atoms with Crippen molar-refractivity contribution in [1.82, 2.24) is 15.2 Å². The van der Waals surface area contributed by atoms with Crippen LogP contribution in [-0.4, -0.2) is 34.0 Å². The number of para-hydroxylation sites is 2. The van der Waals surface area contributed by atoms with E-state index in [1.54, 1.807) is 19.2 Å². The van der Waals surface area contributed by atoms with Crippen LogP contribution < -0.4 is 10.1 Å². The molecule has 6 nitrogen and oxygen atoms in total. The van der Waals surface area contributed by atoms with Gasteiger partial charge in [0.1, 0.15) is 11.6 Å². The fourth-order valence-corrected chi connectivity index (χ4v) is 2.53. The Kier molecular flexibility index (Phi) is 4.10. The molecule has 1 saturated carbocycles. The minimum atomic E-state index is -0.109. The topological polar surface area (TPSA) is 79.9 Å². The van der Waals surface area contributed by atoms with Gasteiger partial charge in [-0.25, -0.2) is 4.98 Å². The summed E-state index contributed by atoms with van der Waals surface area (Å²) in [4.78, 5) is 16.3. The molecular weight excluding hydrogens is 288 g/mol. The van der Waals surface area contributed by atoms with Gasteiger partial charge >= 0.3 is 0 Å². The van der Waals surface area contributed by atoms with Gasteiger partial charge in [0.05, 0.1) is 18.6 Å². The number of nitrogens with zero attached hydrogens (tertiary/aromatic N) is 2. The molecule has 2 N–H and O–H groups in total. The van der Waals surface area contributed by atoms with Crippen LogP contribution in [0.2, 0.25) is 0 Å². The molecule has 0 bridgehead atoms. The molecule has 0 unspecified atom stereocenters. The van der Waals surface area contributed by atoms with Crippen LogP contribution in [-0.2, 0) is 4.79 Å². The lowest BCUT2D eigenvalue weighted by molar-refractivity contribution is -0.113. The molecule has 2 aromatic rings. The Labute approximate surface area is 126 Å². The molecular formula is C14H16N4O2S. The van der Waals surface area contributed by atoms with E-state index in [9.17, 15) is 4.79 Å². The smallest absolute Gasteiger partial charge is 0.234 e. The second kappa shape index (κ2) is 6.17. The van der Waals surface area contributed by atoms with Crippen molar-refractivity contribution in [3.05, 3.63) is 30.1 Å². The number of carbonyl (C=O) groups excluding carboxylic acids is 1. The van der Waals surface area contributed by atoms with Gasteiger partial charge in [-0.3, -0.25) is 9.89 Å². The van der Waals surface area contributed by atoms with Gasteiger partial charge in [-0.15, -0.1) is 5.10 Å². The number of benzene rings is 1. The van der Waals surface area contributed by atoms with Crippen molar-refractivity contribution in [3.63, 3.8) is 0 Å². The van der Waals surface area contributed by atoms with E-state index in [1.807, 2.05) is 12.1 Å². The molecule has 0 spiro atoms. The number of ether oxygens (including phenoxy) is 1. The number of aromatic amines is 1. The Morgan fingerprint density at radius 3 is 3.05 bits per heavy atom. The first kappa shape index (κ1) is 13.9. The van der Waals surface area contributed by atoms with Gasteiger partial charge in [0.25, 0.3) is 0 Å². The lowest BCUT2D eigenvalue weighted by atomic mass is 10.3. The highest BCUT2D eigenvalue weighted by atomic mass is 32.2. The maximum absolute atomic E-state index is 12.0. The van der Waals surface area contributed by atoms with Crippen molar-refractivity contribution in [1.29, 1.82) is 0 Å². The van der Waals surface area contributed by atoms with E-state index in [1.165, 1.54) is 24.6 Å². The SMILES string of the molecule is COc1ccccc1NC(=O)CSc1n[nH]c(C2CC2)n1. The number of rotatable bonds is 6. The van der Waals surface area contributed by atoms with Crippen LogP contribution in [0, 0.1) is 0 Å². The number of carbonyl (C=O) groups is 1. The number of aromatic nitrogens is 3. The first-order chi connectivity index (χ1) is 10.3. The van der Waals surface area contributed by atoms with Crippen molar-refractivity contribution in [2.24, 2.45) is 0 Å². The van der Waals surface area contributed by atoms with E-state index < -0.39 is 0 Å². The minimum absolute atomic E-state index is 0.109. The molecule has 1 aromatic heterocycles. The monoisotopic (exact) mass is 304 g/mol. The normalized spacial score (nSPS) is 14.0. The fraction of sp³-hybridized carbons (Fsp3) is 0.357. The molecule has 0 aliphatic heterocycles. The molecule has 1 aliphatic carbocycles. The first-order valence-electron chi connectivity index (χ1n) is 6.74. The summed E-state index contributed by atoms with van der Waals surface area (Å²) in [5.41, 5.74) is 0.666. The number of methoxy groups -OCH3 is 1. The van der Waals surface area contributed by atoms with E-state index in [2.05, 4.69) is 20.5 Å². The molecule has 7 heteroatoms. The molecule has 21 heavy (non-hydrogen) atoms. The molecule has 1 amide bonds. The van der Waals surface area contributed by atoms with Crippen LogP contribution in [0.1, 0.15) is 24.6 Å². The van der Waals surface area contributed by atoms with Crippen molar-refractivity contribution in [2.45, 2.75) is 23.9 Å². The molecule has 1 aromatic carbocycles. The lowest BCUT2D eigenvalue weighted by Gasteiger charge is -2.08. The lowest BCUT2D eigenvalue weighted by Crippen LogP contribution is -2.14. The zero-order valence-corrected chi connectivity index (χ0v) is 12.4. The second-order valence-corrected chi connectivity index (χ2v) is 5.76. The molecule has 0 atom stereocenters. The average molecular weight is 304 g/mol. The number of H-pyrrole nitrogens is 1. The first-order valence-corrected chi connectivity index (χ1v) is 7.73. The molecule has 1 fully saturated rings. The largest absolute Gasteiger partial charge is 0.495 e. The van der Waals surface area contributed by atoms with Gasteiger partial charge in [0.2, 0.25) is 11.1 Å². The van der Waals surface area contributed by atoms with E-state index in [-0.39, 0.29) is 11.7 Å². The van der Waals surface area contributed by atoms with Gasteiger partial charge in [0.15, 0.2) is 0 Å². The molecule has 0 saturated heterocycles.